The van der Waals surface area contributed by atoms with E-state index in [2.05, 4.69) is 0 Å². The van der Waals surface area contributed by atoms with Crippen LogP contribution in [0.3, 0.4) is 0 Å². The second kappa shape index (κ2) is 2.07. The third kappa shape index (κ3) is 1.75. The van der Waals surface area contributed by atoms with Gasteiger partial charge >= 0.3 is 5.55 Å². The summed E-state index contributed by atoms with van der Waals surface area (Å²) in [5, 5.41) is 7.96. The van der Waals surface area contributed by atoms with Crippen LogP contribution in [0, 0.1) is 11.3 Å². The molecule has 0 fully saturated rings. The molecule has 0 aliphatic rings. The number of nitriles is 1. The molecule has 0 aromatic carbocycles. The Hall–Kier alpha value is -0.433. The number of hydrogen-bond acceptors (Lipinski definition) is 1. The highest BCUT2D eigenvalue weighted by atomic mass is 28.3. The van der Waals surface area contributed by atoms with Crippen molar-refractivity contribution in [3.8, 4) is 6.07 Å². The molecule has 0 bridgehead atoms. The summed E-state index contributed by atoms with van der Waals surface area (Å²) in [6.45, 7) is 4.41. The van der Waals surface area contributed by atoms with Gasteiger partial charge in [0.05, 0.1) is 0 Å². The monoisotopic (exact) mass is 149 g/mol. The summed E-state index contributed by atoms with van der Waals surface area (Å²) in [6.07, 6.45) is 0. The van der Waals surface area contributed by atoms with E-state index in [4.69, 9.17) is 5.26 Å². The van der Waals surface area contributed by atoms with Gasteiger partial charge in [0.15, 0.2) is 0 Å². The van der Waals surface area contributed by atoms with E-state index in [9.17, 15) is 8.78 Å². The Labute approximate surface area is 54.3 Å². The topological polar surface area (TPSA) is 23.8 Å². The van der Waals surface area contributed by atoms with Crippen molar-refractivity contribution in [3.05, 3.63) is 0 Å². The van der Waals surface area contributed by atoms with Gasteiger partial charge in [0.1, 0.15) is 14.1 Å². The summed E-state index contributed by atoms with van der Waals surface area (Å²) in [6, 6.07) is 1.01. The fourth-order valence-corrected chi connectivity index (χ4v) is 0.503. The highest BCUT2D eigenvalue weighted by molar-refractivity contribution is 6.79. The zero-order valence-electron chi connectivity index (χ0n) is 5.70. The molecule has 4 heteroatoms. The molecule has 0 aromatic rings. The standard InChI is InChI=1S/C5H9F2NSi/c1-9(2,3)5(6,7)4-8/h1-3H3. The summed E-state index contributed by atoms with van der Waals surface area (Å²) in [7, 11) is -2.58. The zero-order valence-corrected chi connectivity index (χ0v) is 6.70. The van der Waals surface area contributed by atoms with Crippen LogP contribution < -0.4 is 0 Å². The lowest BCUT2D eigenvalue weighted by Crippen LogP contribution is -2.43. The van der Waals surface area contributed by atoms with E-state index in [0.29, 0.717) is 0 Å². The van der Waals surface area contributed by atoms with E-state index < -0.39 is 13.6 Å². The van der Waals surface area contributed by atoms with Crippen molar-refractivity contribution in [2.24, 2.45) is 0 Å². The van der Waals surface area contributed by atoms with Gasteiger partial charge in [-0.05, 0) is 0 Å². The number of halogens is 2. The van der Waals surface area contributed by atoms with Crippen molar-refractivity contribution in [1.82, 2.24) is 0 Å². The van der Waals surface area contributed by atoms with E-state index in [1.165, 1.54) is 19.6 Å². The van der Waals surface area contributed by atoms with Gasteiger partial charge in [-0.25, -0.2) is 0 Å². The van der Waals surface area contributed by atoms with Crippen molar-refractivity contribution < 1.29 is 8.78 Å². The van der Waals surface area contributed by atoms with Gasteiger partial charge in [-0.2, -0.15) is 14.0 Å². The first kappa shape index (κ1) is 8.57. The minimum absolute atomic E-state index is 1.01. The fraction of sp³-hybridized carbons (Fsp3) is 0.800. The molecule has 0 saturated heterocycles. The van der Waals surface area contributed by atoms with Crippen LogP contribution in [0.5, 0.6) is 0 Å². The lowest BCUT2D eigenvalue weighted by molar-refractivity contribution is 0.146. The van der Waals surface area contributed by atoms with Gasteiger partial charge in [0.25, 0.3) is 0 Å². The smallest absolute Gasteiger partial charge is 0.195 e. The molecular weight excluding hydrogens is 140 g/mol. The normalized spacial score (nSPS) is 12.9. The first-order valence-corrected chi connectivity index (χ1v) is 6.10. The Kier molecular flexibility index (Phi) is 1.97. The molecule has 0 aliphatic heterocycles. The Morgan fingerprint density at radius 3 is 1.67 bits per heavy atom. The molecule has 0 saturated carbocycles. The van der Waals surface area contributed by atoms with Gasteiger partial charge in [-0.3, -0.25) is 0 Å². The Morgan fingerprint density at radius 2 is 1.67 bits per heavy atom. The molecule has 0 aliphatic carbocycles. The molecule has 0 radical (unpaired) electrons. The van der Waals surface area contributed by atoms with Crippen LogP contribution in [0.25, 0.3) is 0 Å². The van der Waals surface area contributed by atoms with Crippen LogP contribution in [-0.2, 0) is 0 Å². The van der Waals surface area contributed by atoms with Crippen molar-refractivity contribution in [2.45, 2.75) is 25.2 Å². The predicted molar refractivity (Wildman–Crippen MR) is 33.9 cm³/mol. The molecule has 0 unspecified atom stereocenters. The van der Waals surface area contributed by atoms with Gasteiger partial charge in [0.2, 0.25) is 0 Å². The molecule has 0 aromatic heterocycles. The summed E-state index contributed by atoms with van der Waals surface area (Å²) < 4.78 is 24.7. The fourth-order valence-electron chi connectivity index (χ4n) is 0.168. The lowest BCUT2D eigenvalue weighted by atomic mass is 10.8. The van der Waals surface area contributed by atoms with Gasteiger partial charge in [-0.15, -0.1) is 0 Å². The van der Waals surface area contributed by atoms with Gasteiger partial charge in [-0.1, -0.05) is 19.6 Å². The SMILES string of the molecule is C[Si](C)(C)C(F)(F)C#N. The highest BCUT2D eigenvalue weighted by Gasteiger charge is 2.44. The summed E-state index contributed by atoms with van der Waals surface area (Å²) in [4.78, 5) is 0. The molecule has 0 heterocycles. The molecule has 0 rings (SSSR count). The quantitative estimate of drug-likeness (QED) is 0.523. The van der Waals surface area contributed by atoms with Crippen molar-refractivity contribution >= 4 is 8.07 Å². The molecule has 52 valence electrons. The van der Waals surface area contributed by atoms with E-state index in [0.717, 1.165) is 6.07 Å². The van der Waals surface area contributed by atoms with Crippen LogP contribution in [0.15, 0.2) is 0 Å². The number of alkyl halides is 2. The minimum atomic E-state index is -3.08. The van der Waals surface area contributed by atoms with E-state index in [-0.39, 0.29) is 0 Å². The highest BCUT2D eigenvalue weighted by Crippen LogP contribution is 2.25. The van der Waals surface area contributed by atoms with E-state index in [1.807, 2.05) is 0 Å². The second-order valence-electron chi connectivity index (χ2n) is 2.94. The second-order valence-corrected chi connectivity index (χ2v) is 8.06. The van der Waals surface area contributed by atoms with Crippen LogP contribution in [0.1, 0.15) is 0 Å². The largest absolute Gasteiger partial charge is 0.309 e. The number of hydrogen-bond donors (Lipinski definition) is 0. The summed E-state index contributed by atoms with van der Waals surface area (Å²) in [5.41, 5.74) is -3.08. The molecular formula is C5H9F2NSi. The van der Waals surface area contributed by atoms with Crippen LogP contribution in [-0.4, -0.2) is 13.6 Å². The Balaban J connectivity index is 4.39. The van der Waals surface area contributed by atoms with Crippen molar-refractivity contribution in [1.29, 1.82) is 5.26 Å². The zero-order chi connectivity index (χ0) is 7.71. The summed E-state index contributed by atoms with van der Waals surface area (Å²) >= 11 is 0. The molecule has 9 heavy (non-hydrogen) atoms. The maximum absolute atomic E-state index is 12.4. The van der Waals surface area contributed by atoms with Gasteiger partial charge < -0.3 is 0 Å². The van der Waals surface area contributed by atoms with Crippen LogP contribution >= 0.6 is 0 Å². The molecule has 0 spiro atoms. The average Bonchev–Trinajstić information content (AvgIpc) is 1.64. The number of rotatable bonds is 1. The van der Waals surface area contributed by atoms with Crippen LogP contribution in [0.4, 0.5) is 8.78 Å². The summed E-state index contributed by atoms with van der Waals surface area (Å²) in [5.74, 6) is 0. The average molecular weight is 149 g/mol. The third-order valence-electron chi connectivity index (χ3n) is 1.08. The van der Waals surface area contributed by atoms with Crippen LogP contribution in [0.2, 0.25) is 19.6 Å². The molecule has 1 nitrogen and oxygen atoms in total. The Morgan fingerprint density at radius 1 is 1.33 bits per heavy atom. The molecule has 0 amide bonds. The molecule has 0 N–H and O–H groups in total. The van der Waals surface area contributed by atoms with Gasteiger partial charge in [0, 0.05) is 0 Å². The minimum Gasteiger partial charge on any atom is -0.195 e. The molecule has 0 atom stereocenters. The maximum atomic E-state index is 12.4. The predicted octanol–water partition coefficient (Wildman–Crippen LogP) is 2.02. The lowest BCUT2D eigenvalue weighted by Gasteiger charge is -2.20. The van der Waals surface area contributed by atoms with Crippen molar-refractivity contribution in [2.75, 3.05) is 0 Å². The maximum Gasteiger partial charge on any atom is 0.309 e. The van der Waals surface area contributed by atoms with Crippen molar-refractivity contribution in [3.63, 3.8) is 0 Å². The van der Waals surface area contributed by atoms with E-state index >= 15 is 0 Å². The number of nitrogens with zero attached hydrogens (tertiary/aromatic N) is 1. The first-order valence-electron chi connectivity index (χ1n) is 2.60. The third-order valence-corrected chi connectivity index (χ3v) is 3.08. The van der Waals surface area contributed by atoms with E-state index in [1.54, 1.807) is 0 Å². The Bertz CT molecular complexity index is 142. The first-order chi connectivity index (χ1) is 3.81.